The topological polar surface area (TPSA) is 137 Å². The molecule has 1 fully saturated rings. The molecule has 0 spiro atoms. The van der Waals surface area contributed by atoms with E-state index in [2.05, 4.69) is 4.98 Å². The molecule has 0 amide bonds. The van der Waals surface area contributed by atoms with Crippen LogP contribution in [-0.4, -0.2) is 59.7 Å². The summed E-state index contributed by atoms with van der Waals surface area (Å²) in [6, 6.07) is 1.55. The first-order valence-corrected chi connectivity index (χ1v) is 5.99. The summed E-state index contributed by atoms with van der Waals surface area (Å²) >= 11 is 0. The largest absolute Gasteiger partial charge is 0.425 e. The zero-order chi connectivity index (χ0) is 14.4. The van der Waals surface area contributed by atoms with Crippen LogP contribution in [0.2, 0.25) is 0 Å². The number of nitrogens with one attached hydrogen (secondary N) is 1. The smallest absolute Gasteiger partial charge is 0.173 e. The Morgan fingerprint density at radius 1 is 1.35 bits per heavy atom. The zero-order valence-electron chi connectivity index (χ0n) is 10.3. The summed E-state index contributed by atoms with van der Waals surface area (Å²) in [5.41, 5.74) is 0.177. The maximum atomic E-state index is 9.98. The second kappa shape index (κ2) is 4.56. The molecule has 3 rings (SSSR count). The van der Waals surface area contributed by atoms with Crippen LogP contribution >= 0.6 is 0 Å². The van der Waals surface area contributed by atoms with E-state index in [4.69, 9.17) is 15.3 Å². The third-order valence-corrected chi connectivity index (χ3v) is 3.45. The van der Waals surface area contributed by atoms with E-state index in [0.717, 1.165) is 6.33 Å². The van der Waals surface area contributed by atoms with Crippen LogP contribution in [0, 0.1) is 5.41 Å². The first kappa shape index (κ1) is 13.1. The molecule has 0 unspecified atom stereocenters. The van der Waals surface area contributed by atoms with Crippen LogP contribution in [0.3, 0.4) is 0 Å². The van der Waals surface area contributed by atoms with Gasteiger partial charge >= 0.3 is 0 Å². The second-order valence-electron chi connectivity index (χ2n) is 4.63. The molecule has 0 bridgehead atoms. The van der Waals surface area contributed by atoms with Crippen LogP contribution < -0.4 is 5.49 Å². The van der Waals surface area contributed by atoms with Gasteiger partial charge in [0.1, 0.15) is 30.3 Å². The number of fused-ring (bicyclic) bond motifs is 1. The highest BCUT2D eigenvalue weighted by Crippen LogP contribution is 2.31. The van der Waals surface area contributed by atoms with Crippen LogP contribution in [0.5, 0.6) is 0 Å². The summed E-state index contributed by atoms with van der Waals surface area (Å²) in [5, 5.41) is 46.2. The summed E-state index contributed by atoms with van der Waals surface area (Å²) in [4.78, 5) is 3.98. The van der Waals surface area contributed by atoms with Crippen LogP contribution in [-0.2, 0) is 4.74 Å². The van der Waals surface area contributed by atoms with Crippen molar-refractivity contribution in [1.29, 1.82) is 5.41 Å². The number of aromatic nitrogens is 3. The Kier molecular flexibility index (Phi) is 2.98. The van der Waals surface area contributed by atoms with Crippen molar-refractivity contribution >= 4 is 11.0 Å². The number of rotatable bonds is 2. The van der Waals surface area contributed by atoms with E-state index in [9.17, 15) is 15.4 Å². The normalized spacial score (nSPS) is 30.1. The number of aliphatic hydroxyl groups excluding tert-OH is 3. The lowest BCUT2D eigenvalue weighted by Crippen LogP contribution is -2.33. The molecule has 0 aromatic carbocycles. The molecule has 1 aliphatic rings. The number of ether oxygens (including phenoxy) is 1. The quantitative estimate of drug-likeness (QED) is 0.411. The molecule has 9 heteroatoms. The minimum atomic E-state index is -1.22. The van der Waals surface area contributed by atoms with Crippen molar-refractivity contribution in [2.75, 3.05) is 6.61 Å². The van der Waals surface area contributed by atoms with Crippen LogP contribution in [0.1, 0.15) is 6.23 Å². The Bertz CT molecular complexity index is 696. The molecule has 20 heavy (non-hydrogen) atoms. The SMILES string of the molecule is N=c1c2ccn([C@@H]3O[C@H](CO)[C@@H](O)[C@H]3O)c2ncn1O. The van der Waals surface area contributed by atoms with Gasteiger partial charge in [-0.15, -0.1) is 0 Å². The monoisotopic (exact) mass is 282 g/mol. The van der Waals surface area contributed by atoms with Crippen molar-refractivity contribution in [3.05, 3.63) is 24.1 Å². The van der Waals surface area contributed by atoms with E-state index in [1.54, 1.807) is 6.07 Å². The van der Waals surface area contributed by atoms with Crippen LogP contribution in [0.4, 0.5) is 0 Å². The minimum absolute atomic E-state index is 0.152. The van der Waals surface area contributed by atoms with Gasteiger partial charge in [0.15, 0.2) is 11.7 Å². The van der Waals surface area contributed by atoms with Crippen molar-refractivity contribution in [2.45, 2.75) is 24.5 Å². The van der Waals surface area contributed by atoms with E-state index in [-0.39, 0.29) is 5.49 Å². The van der Waals surface area contributed by atoms with Gasteiger partial charge in [-0.05, 0) is 6.07 Å². The van der Waals surface area contributed by atoms with E-state index >= 15 is 0 Å². The van der Waals surface area contributed by atoms with Gasteiger partial charge in [-0.2, -0.15) is 4.73 Å². The third kappa shape index (κ3) is 1.72. The average Bonchev–Trinajstić information content (AvgIpc) is 2.98. The molecular formula is C11H14N4O5. The standard InChI is InChI=1S/C11H14N4O5/c12-9-5-1-2-14(10(5)13-4-15(9)19)11-8(18)7(17)6(3-16)20-11/h1-2,4,6-8,11-12,16-19H,3H2/t6-,7-,8-,11-/m1/s1. The lowest BCUT2D eigenvalue weighted by Gasteiger charge is -2.17. The Balaban J connectivity index is 2.08. The van der Waals surface area contributed by atoms with E-state index in [1.807, 2.05) is 0 Å². The highest BCUT2D eigenvalue weighted by Gasteiger charge is 2.43. The van der Waals surface area contributed by atoms with Crippen LogP contribution in [0.25, 0.3) is 11.0 Å². The van der Waals surface area contributed by atoms with Gasteiger partial charge in [-0.25, -0.2) is 4.98 Å². The minimum Gasteiger partial charge on any atom is -0.425 e. The third-order valence-electron chi connectivity index (χ3n) is 3.45. The fourth-order valence-corrected chi connectivity index (χ4v) is 2.37. The molecule has 0 radical (unpaired) electrons. The Morgan fingerprint density at radius 2 is 2.10 bits per heavy atom. The maximum Gasteiger partial charge on any atom is 0.173 e. The van der Waals surface area contributed by atoms with Gasteiger partial charge in [-0.3, -0.25) is 5.41 Å². The maximum absolute atomic E-state index is 9.98. The predicted molar refractivity (Wildman–Crippen MR) is 63.8 cm³/mol. The Hall–Kier alpha value is -1.94. The number of aliphatic hydroxyl groups is 3. The van der Waals surface area contributed by atoms with E-state index in [0.29, 0.717) is 15.8 Å². The molecule has 4 atom stereocenters. The summed E-state index contributed by atoms with van der Waals surface area (Å²) < 4.78 is 7.43. The van der Waals surface area contributed by atoms with Gasteiger partial charge < -0.3 is 29.8 Å². The molecular weight excluding hydrogens is 268 g/mol. The van der Waals surface area contributed by atoms with Gasteiger partial charge in [0.2, 0.25) is 0 Å². The summed E-state index contributed by atoms with van der Waals surface area (Å²) in [6.07, 6.45) is -1.63. The molecule has 1 saturated heterocycles. The highest BCUT2D eigenvalue weighted by atomic mass is 16.6. The first-order valence-electron chi connectivity index (χ1n) is 5.99. The molecule has 108 valence electrons. The van der Waals surface area contributed by atoms with Gasteiger partial charge in [0.25, 0.3) is 0 Å². The van der Waals surface area contributed by atoms with Crippen LogP contribution in [0.15, 0.2) is 18.6 Å². The molecule has 2 aromatic rings. The van der Waals surface area contributed by atoms with Gasteiger partial charge in [-0.1, -0.05) is 0 Å². The summed E-state index contributed by atoms with van der Waals surface area (Å²) in [7, 11) is 0. The Labute approximate surface area is 112 Å². The van der Waals surface area contributed by atoms with Gasteiger partial charge in [0.05, 0.1) is 12.0 Å². The molecule has 0 saturated carbocycles. The molecule has 2 aromatic heterocycles. The van der Waals surface area contributed by atoms with Crippen molar-refractivity contribution in [3.8, 4) is 0 Å². The average molecular weight is 282 g/mol. The Morgan fingerprint density at radius 3 is 2.75 bits per heavy atom. The highest BCUT2D eigenvalue weighted by molar-refractivity contribution is 5.74. The lowest BCUT2D eigenvalue weighted by molar-refractivity contribution is -0.0508. The summed E-state index contributed by atoms with van der Waals surface area (Å²) in [5.74, 6) is 0. The number of hydrogen-bond acceptors (Lipinski definition) is 7. The lowest BCUT2D eigenvalue weighted by atomic mass is 10.1. The molecule has 0 aliphatic carbocycles. The fraction of sp³-hybridized carbons (Fsp3) is 0.455. The molecule has 3 heterocycles. The molecule has 9 nitrogen and oxygen atoms in total. The van der Waals surface area contributed by atoms with E-state index < -0.39 is 31.1 Å². The van der Waals surface area contributed by atoms with E-state index in [1.165, 1.54) is 10.8 Å². The first-order chi connectivity index (χ1) is 9.54. The van der Waals surface area contributed by atoms with Crippen molar-refractivity contribution < 1.29 is 25.3 Å². The number of hydrogen-bond donors (Lipinski definition) is 5. The second-order valence-corrected chi connectivity index (χ2v) is 4.63. The summed E-state index contributed by atoms with van der Waals surface area (Å²) in [6.45, 7) is -0.415. The molecule has 5 N–H and O–H groups in total. The fourth-order valence-electron chi connectivity index (χ4n) is 2.37. The number of nitrogens with zero attached hydrogens (tertiary/aromatic N) is 3. The van der Waals surface area contributed by atoms with Crippen molar-refractivity contribution in [3.63, 3.8) is 0 Å². The van der Waals surface area contributed by atoms with Crippen molar-refractivity contribution in [2.24, 2.45) is 0 Å². The van der Waals surface area contributed by atoms with Crippen molar-refractivity contribution in [1.82, 2.24) is 14.3 Å². The van der Waals surface area contributed by atoms with Gasteiger partial charge in [0, 0.05) is 6.20 Å². The molecule has 1 aliphatic heterocycles. The predicted octanol–water partition coefficient (Wildman–Crippen LogP) is -1.83. The zero-order valence-corrected chi connectivity index (χ0v) is 10.3.